The zero-order valence-electron chi connectivity index (χ0n) is 6.93. The van der Waals surface area contributed by atoms with Gasteiger partial charge in [0.05, 0.1) is 0 Å². The predicted molar refractivity (Wildman–Crippen MR) is 47.9 cm³/mol. The quantitative estimate of drug-likeness (QED) is 0.606. The van der Waals surface area contributed by atoms with Crippen LogP contribution in [0.15, 0.2) is 0 Å². The molecule has 10 heavy (non-hydrogen) atoms. The zero-order chi connectivity index (χ0) is 8.04. The van der Waals surface area contributed by atoms with Crippen molar-refractivity contribution in [3.8, 4) is 0 Å². The average molecular weight is 166 g/mol. The second-order valence-corrected chi connectivity index (χ2v) is 6.65. The molecule has 0 aliphatic carbocycles. The standard InChI is InChI=1S/C7H19O2P/c1-3-5-10(9,7-8)6-4-2/h8-10H,3-7H2,1-2H3. The normalized spacial score (nSPS) is 13.6. The molecular formula is C7H19O2P. The summed E-state index contributed by atoms with van der Waals surface area (Å²) in [4.78, 5) is 9.71. The Morgan fingerprint density at radius 3 is 1.70 bits per heavy atom. The SMILES string of the molecule is CCC[PH](O)(CO)CCC. The molecule has 0 fully saturated rings. The molecular weight excluding hydrogens is 147 g/mol. The first-order chi connectivity index (χ1) is 4.68. The summed E-state index contributed by atoms with van der Waals surface area (Å²) in [7, 11) is -2.17. The van der Waals surface area contributed by atoms with E-state index in [0.29, 0.717) is 0 Å². The molecule has 0 saturated carbocycles. The van der Waals surface area contributed by atoms with Gasteiger partial charge in [0.2, 0.25) is 0 Å². The van der Waals surface area contributed by atoms with Gasteiger partial charge in [0, 0.05) is 0 Å². The number of hydrogen-bond donors (Lipinski definition) is 2. The molecule has 2 nitrogen and oxygen atoms in total. The molecule has 0 radical (unpaired) electrons. The minimum atomic E-state index is -2.17. The molecule has 0 unspecified atom stereocenters. The molecule has 0 bridgehead atoms. The van der Waals surface area contributed by atoms with Crippen LogP contribution >= 0.6 is 7.49 Å². The predicted octanol–water partition coefficient (Wildman–Crippen LogP) is 1.41. The Balaban J connectivity index is 3.69. The summed E-state index contributed by atoms with van der Waals surface area (Å²) in [5, 5.41) is 8.86. The maximum absolute atomic E-state index is 9.71. The number of aliphatic hydroxyl groups excluding tert-OH is 1. The Morgan fingerprint density at radius 1 is 1.10 bits per heavy atom. The van der Waals surface area contributed by atoms with Crippen molar-refractivity contribution in [3.05, 3.63) is 0 Å². The van der Waals surface area contributed by atoms with Gasteiger partial charge in [0.1, 0.15) is 0 Å². The molecule has 2 N–H and O–H groups in total. The van der Waals surface area contributed by atoms with Crippen molar-refractivity contribution < 1.29 is 10.00 Å². The van der Waals surface area contributed by atoms with Crippen LogP contribution in [-0.2, 0) is 0 Å². The summed E-state index contributed by atoms with van der Waals surface area (Å²) < 4.78 is 0. The van der Waals surface area contributed by atoms with Gasteiger partial charge in [0.25, 0.3) is 0 Å². The van der Waals surface area contributed by atoms with Crippen molar-refractivity contribution in [3.63, 3.8) is 0 Å². The molecule has 0 aromatic heterocycles. The van der Waals surface area contributed by atoms with E-state index in [2.05, 4.69) is 0 Å². The maximum atomic E-state index is 9.71. The van der Waals surface area contributed by atoms with E-state index < -0.39 is 7.49 Å². The fourth-order valence-corrected chi connectivity index (χ4v) is 3.64. The van der Waals surface area contributed by atoms with Gasteiger partial charge in [-0.1, -0.05) is 0 Å². The first kappa shape index (κ1) is 10.3. The van der Waals surface area contributed by atoms with E-state index in [-0.39, 0.29) is 6.35 Å². The summed E-state index contributed by atoms with van der Waals surface area (Å²) in [6.07, 6.45) is 3.70. The van der Waals surface area contributed by atoms with E-state index >= 15 is 0 Å². The van der Waals surface area contributed by atoms with Gasteiger partial charge >= 0.3 is 62.9 Å². The molecule has 0 aromatic rings. The molecule has 3 heteroatoms. The van der Waals surface area contributed by atoms with Crippen molar-refractivity contribution in [2.45, 2.75) is 26.7 Å². The van der Waals surface area contributed by atoms with Crippen LogP contribution < -0.4 is 0 Å². The van der Waals surface area contributed by atoms with Gasteiger partial charge < -0.3 is 0 Å². The second-order valence-electron chi connectivity index (χ2n) is 2.88. The van der Waals surface area contributed by atoms with E-state index in [1.54, 1.807) is 0 Å². The van der Waals surface area contributed by atoms with Gasteiger partial charge in [-0.15, -0.1) is 0 Å². The zero-order valence-corrected chi connectivity index (χ0v) is 7.93. The molecule has 0 rings (SSSR count). The fourth-order valence-electron chi connectivity index (χ4n) is 1.21. The van der Waals surface area contributed by atoms with E-state index in [1.165, 1.54) is 0 Å². The van der Waals surface area contributed by atoms with Crippen LogP contribution in [0.2, 0.25) is 0 Å². The second kappa shape index (κ2) is 5.06. The monoisotopic (exact) mass is 166 g/mol. The number of hydrogen-bond acceptors (Lipinski definition) is 2. The van der Waals surface area contributed by atoms with Crippen LogP contribution in [0.5, 0.6) is 0 Å². The molecule has 0 aromatic carbocycles. The third kappa shape index (κ3) is 3.50. The fraction of sp³-hybridized carbons (Fsp3) is 1.00. The molecule has 0 aliphatic rings. The van der Waals surface area contributed by atoms with Gasteiger partial charge in [-0.2, -0.15) is 0 Å². The van der Waals surface area contributed by atoms with E-state index in [1.807, 2.05) is 13.8 Å². The molecule has 0 saturated heterocycles. The topological polar surface area (TPSA) is 40.5 Å². The first-order valence-corrected chi connectivity index (χ1v) is 6.58. The first-order valence-electron chi connectivity index (χ1n) is 4.01. The third-order valence-electron chi connectivity index (χ3n) is 1.73. The van der Waals surface area contributed by atoms with E-state index in [4.69, 9.17) is 5.11 Å². The summed E-state index contributed by atoms with van der Waals surface area (Å²) in [5.41, 5.74) is 0. The number of aliphatic hydroxyl groups is 1. The number of rotatable bonds is 5. The Labute approximate surface area is 63.7 Å². The van der Waals surface area contributed by atoms with Crippen LogP contribution in [0.1, 0.15) is 26.7 Å². The third-order valence-corrected chi connectivity index (χ3v) is 5.18. The molecule has 0 spiro atoms. The molecule has 0 heterocycles. The van der Waals surface area contributed by atoms with Crippen LogP contribution in [0.25, 0.3) is 0 Å². The molecule has 64 valence electrons. The molecule has 0 amide bonds. The minimum absolute atomic E-state index is 0.0364. The molecule has 0 aliphatic heterocycles. The van der Waals surface area contributed by atoms with Crippen LogP contribution in [0.4, 0.5) is 0 Å². The summed E-state index contributed by atoms with van der Waals surface area (Å²) >= 11 is 0. The van der Waals surface area contributed by atoms with Crippen LogP contribution in [0, 0.1) is 0 Å². The summed E-state index contributed by atoms with van der Waals surface area (Å²) in [6.45, 7) is 4.09. The Kier molecular flexibility index (Phi) is 5.24. The Bertz CT molecular complexity index is 79.7. The van der Waals surface area contributed by atoms with E-state index in [9.17, 15) is 4.89 Å². The summed E-state index contributed by atoms with van der Waals surface area (Å²) in [5.74, 6) is 0. The Morgan fingerprint density at radius 2 is 1.50 bits per heavy atom. The van der Waals surface area contributed by atoms with Crippen LogP contribution in [0.3, 0.4) is 0 Å². The van der Waals surface area contributed by atoms with Crippen molar-refractivity contribution in [2.75, 3.05) is 18.7 Å². The van der Waals surface area contributed by atoms with Crippen molar-refractivity contribution in [2.24, 2.45) is 0 Å². The van der Waals surface area contributed by atoms with E-state index in [0.717, 1.165) is 25.2 Å². The van der Waals surface area contributed by atoms with Gasteiger partial charge in [-0.05, 0) is 0 Å². The van der Waals surface area contributed by atoms with Crippen molar-refractivity contribution in [1.29, 1.82) is 0 Å². The average Bonchev–Trinajstić information content (AvgIpc) is 1.89. The molecule has 0 atom stereocenters. The van der Waals surface area contributed by atoms with Crippen molar-refractivity contribution >= 4 is 7.49 Å². The van der Waals surface area contributed by atoms with Gasteiger partial charge in [0.15, 0.2) is 0 Å². The van der Waals surface area contributed by atoms with Crippen molar-refractivity contribution in [1.82, 2.24) is 0 Å². The van der Waals surface area contributed by atoms with Gasteiger partial charge in [-0.3, -0.25) is 0 Å². The summed E-state index contributed by atoms with van der Waals surface area (Å²) in [6, 6.07) is 0. The Hall–Kier alpha value is 0.350. The van der Waals surface area contributed by atoms with Crippen LogP contribution in [-0.4, -0.2) is 28.7 Å². The van der Waals surface area contributed by atoms with Gasteiger partial charge in [-0.25, -0.2) is 0 Å².